The van der Waals surface area contributed by atoms with Crippen LogP contribution >= 0.6 is 46.4 Å². The highest BCUT2D eigenvalue weighted by atomic mass is 35.5. The van der Waals surface area contributed by atoms with Gasteiger partial charge < -0.3 is 9.47 Å². The summed E-state index contributed by atoms with van der Waals surface area (Å²) in [5.74, 6) is -0.132. The minimum atomic E-state index is -0.710. The van der Waals surface area contributed by atoms with Crippen molar-refractivity contribution in [3.05, 3.63) is 56.2 Å². The fraction of sp³-hybridized carbons (Fsp3) is 0.143. The number of carbonyl (C=O) groups excluding carboxylic acids is 1. The number of halogens is 4. The van der Waals surface area contributed by atoms with E-state index in [-0.39, 0.29) is 34.0 Å². The lowest BCUT2D eigenvalue weighted by Crippen LogP contribution is -2.14. The molecule has 0 aliphatic rings. The Morgan fingerprint density at radius 1 is 1.09 bits per heavy atom. The number of nitrogens with zero attached hydrogens (tertiary/aromatic N) is 1. The van der Waals surface area contributed by atoms with Gasteiger partial charge in [-0.3, -0.25) is 0 Å². The Labute approximate surface area is 146 Å². The number of esters is 1. The maximum atomic E-state index is 11.8. The Bertz CT molecular complexity index is 694. The third kappa shape index (κ3) is 4.40. The van der Waals surface area contributed by atoms with Gasteiger partial charge in [-0.1, -0.05) is 52.5 Å². The van der Waals surface area contributed by atoms with E-state index in [1.54, 1.807) is 24.3 Å². The van der Waals surface area contributed by atoms with Crippen molar-refractivity contribution in [1.82, 2.24) is 4.98 Å². The molecular weight excluding hydrogens is 372 g/mol. The number of hydrogen-bond donors (Lipinski definition) is 0. The minimum absolute atomic E-state index is 0.0175. The summed E-state index contributed by atoms with van der Waals surface area (Å²) in [5, 5.41) is 0.726. The van der Waals surface area contributed by atoms with Gasteiger partial charge in [0, 0.05) is 11.2 Å². The van der Waals surface area contributed by atoms with Gasteiger partial charge in [0.05, 0.1) is 15.1 Å². The number of hydrogen-bond acceptors (Lipinski definition) is 4. The molecule has 0 aliphatic heterocycles. The molecule has 0 atom stereocenters. The molecule has 0 amide bonds. The average molecular weight is 381 g/mol. The van der Waals surface area contributed by atoms with Gasteiger partial charge in [0.25, 0.3) is 0 Å². The van der Waals surface area contributed by atoms with Gasteiger partial charge >= 0.3 is 5.97 Å². The molecule has 0 unspecified atom stereocenters. The van der Waals surface area contributed by atoms with Crippen molar-refractivity contribution in [3.8, 4) is 5.75 Å². The van der Waals surface area contributed by atoms with Gasteiger partial charge in [0.2, 0.25) is 0 Å². The molecule has 4 nitrogen and oxygen atoms in total. The van der Waals surface area contributed by atoms with Gasteiger partial charge in [0.1, 0.15) is 19.0 Å². The Morgan fingerprint density at radius 2 is 1.86 bits per heavy atom. The Balaban J connectivity index is 1.87. The summed E-state index contributed by atoms with van der Waals surface area (Å²) in [6, 6.07) is 6.88. The summed E-state index contributed by atoms with van der Waals surface area (Å²) < 4.78 is 10.4. The van der Waals surface area contributed by atoms with Crippen LogP contribution in [0.25, 0.3) is 0 Å². The maximum Gasteiger partial charge on any atom is 0.358 e. The normalized spacial score (nSPS) is 10.4. The summed E-state index contributed by atoms with van der Waals surface area (Å²) >= 11 is 23.3. The highest BCUT2D eigenvalue weighted by molar-refractivity contribution is 6.48. The molecule has 0 N–H and O–H groups in total. The number of rotatable bonds is 5. The first-order chi connectivity index (χ1) is 10.5. The number of benzene rings is 1. The van der Waals surface area contributed by atoms with E-state index in [0.29, 0.717) is 10.8 Å². The molecule has 0 bridgehead atoms. The molecule has 0 saturated heterocycles. The summed E-state index contributed by atoms with van der Waals surface area (Å²) in [5.41, 5.74) is -0.0983. The summed E-state index contributed by atoms with van der Waals surface area (Å²) in [6.45, 7) is 0.175. The van der Waals surface area contributed by atoms with Crippen LogP contribution in [0.1, 0.15) is 10.5 Å². The van der Waals surface area contributed by atoms with Crippen molar-refractivity contribution in [2.24, 2.45) is 0 Å². The molecule has 0 fully saturated rings. The second-order valence-corrected chi connectivity index (χ2v) is 5.62. The molecule has 0 spiro atoms. The Hall–Kier alpha value is -1.20. The molecule has 0 saturated carbocycles. The molecule has 0 radical (unpaired) electrons. The first-order valence-electron chi connectivity index (χ1n) is 6.04. The van der Waals surface area contributed by atoms with Crippen molar-refractivity contribution in [1.29, 1.82) is 0 Å². The molecule has 2 aromatic rings. The first-order valence-corrected chi connectivity index (χ1v) is 7.55. The van der Waals surface area contributed by atoms with Gasteiger partial charge in [-0.2, -0.15) is 0 Å². The molecule has 1 aromatic carbocycles. The standard InChI is InChI=1S/C14H9Cl4NO3/c15-8-2-1-3-9(6-8)21-4-5-22-14(20)13-12(18)11(17)10(16)7-19-13/h1-3,6-7H,4-5H2. The van der Waals surface area contributed by atoms with Gasteiger partial charge in [-0.15, -0.1) is 0 Å². The monoisotopic (exact) mass is 379 g/mol. The summed E-state index contributed by atoms with van der Waals surface area (Å²) in [6.07, 6.45) is 1.23. The maximum absolute atomic E-state index is 11.8. The quantitative estimate of drug-likeness (QED) is 0.545. The second-order valence-electron chi connectivity index (χ2n) is 4.02. The van der Waals surface area contributed by atoms with Crippen LogP contribution in [0.2, 0.25) is 20.1 Å². The predicted octanol–water partition coefficient (Wildman–Crippen LogP) is 4.93. The van der Waals surface area contributed by atoms with Crippen molar-refractivity contribution in [2.75, 3.05) is 13.2 Å². The van der Waals surface area contributed by atoms with Crippen LogP contribution in [0.5, 0.6) is 5.75 Å². The van der Waals surface area contributed by atoms with Crippen LogP contribution in [0, 0.1) is 0 Å². The lowest BCUT2D eigenvalue weighted by atomic mass is 10.3. The van der Waals surface area contributed by atoms with E-state index in [9.17, 15) is 4.79 Å². The van der Waals surface area contributed by atoms with Crippen LogP contribution in [0.15, 0.2) is 30.5 Å². The predicted molar refractivity (Wildman–Crippen MR) is 86.5 cm³/mol. The SMILES string of the molecule is O=C(OCCOc1cccc(Cl)c1)c1ncc(Cl)c(Cl)c1Cl. The van der Waals surface area contributed by atoms with Gasteiger partial charge in [-0.25, -0.2) is 9.78 Å². The molecule has 116 valence electrons. The average Bonchev–Trinajstić information content (AvgIpc) is 2.49. The van der Waals surface area contributed by atoms with E-state index >= 15 is 0 Å². The zero-order chi connectivity index (χ0) is 16.1. The van der Waals surface area contributed by atoms with Crippen molar-refractivity contribution >= 4 is 52.4 Å². The Kier molecular flexibility index (Phi) is 6.15. The highest BCUT2D eigenvalue weighted by Crippen LogP contribution is 2.31. The van der Waals surface area contributed by atoms with Crippen LogP contribution in [0.3, 0.4) is 0 Å². The molecule has 1 aromatic heterocycles. The zero-order valence-corrected chi connectivity index (χ0v) is 14.0. The molecule has 0 aliphatic carbocycles. The number of carbonyl (C=O) groups is 1. The molecule has 2 rings (SSSR count). The summed E-state index contributed by atoms with van der Waals surface area (Å²) in [7, 11) is 0. The number of pyridine rings is 1. The van der Waals surface area contributed by atoms with Crippen LogP contribution in [-0.2, 0) is 4.74 Å². The van der Waals surface area contributed by atoms with Crippen molar-refractivity contribution in [3.63, 3.8) is 0 Å². The van der Waals surface area contributed by atoms with E-state index in [1.165, 1.54) is 6.20 Å². The fourth-order valence-corrected chi connectivity index (χ4v) is 2.24. The zero-order valence-electron chi connectivity index (χ0n) is 11.0. The highest BCUT2D eigenvalue weighted by Gasteiger charge is 2.18. The van der Waals surface area contributed by atoms with Crippen LogP contribution in [-0.4, -0.2) is 24.2 Å². The molecular formula is C14H9Cl4NO3. The molecule has 1 heterocycles. The van der Waals surface area contributed by atoms with E-state index in [2.05, 4.69) is 4.98 Å². The fourth-order valence-electron chi connectivity index (χ4n) is 1.50. The lowest BCUT2D eigenvalue weighted by Gasteiger charge is -2.08. The van der Waals surface area contributed by atoms with Crippen molar-refractivity contribution in [2.45, 2.75) is 0 Å². The van der Waals surface area contributed by atoms with Crippen LogP contribution < -0.4 is 4.74 Å². The van der Waals surface area contributed by atoms with Gasteiger partial charge in [-0.05, 0) is 18.2 Å². The van der Waals surface area contributed by atoms with E-state index in [4.69, 9.17) is 55.9 Å². The van der Waals surface area contributed by atoms with Gasteiger partial charge in [0.15, 0.2) is 5.69 Å². The van der Waals surface area contributed by atoms with Crippen molar-refractivity contribution < 1.29 is 14.3 Å². The lowest BCUT2D eigenvalue weighted by molar-refractivity contribution is 0.0444. The largest absolute Gasteiger partial charge is 0.490 e. The molecule has 22 heavy (non-hydrogen) atoms. The minimum Gasteiger partial charge on any atom is -0.490 e. The topological polar surface area (TPSA) is 48.4 Å². The molecule has 8 heteroatoms. The van der Waals surface area contributed by atoms with E-state index in [0.717, 1.165) is 0 Å². The van der Waals surface area contributed by atoms with E-state index in [1.807, 2.05) is 0 Å². The Morgan fingerprint density at radius 3 is 2.59 bits per heavy atom. The third-order valence-corrected chi connectivity index (χ3v) is 3.97. The first kappa shape index (κ1) is 17.2. The smallest absolute Gasteiger partial charge is 0.358 e. The number of ether oxygens (including phenoxy) is 2. The number of aromatic nitrogens is 1. The van der Waals surface area contributed by atoms with E-state index < -0.39 is 5.97 Å². The van der Waals surface area contributed by atoms with Crippen LogP contribution in [0.4, 0.5) is 0 Å². The second kappa shape index (κ2) is 7.88. The third-order valence-electron chi connectivity index (χ3n) is 2.49. The summed E-state index contributed by atoms with van der Waals surface area (Å²) in [4.78, 5) is 15.7.